The van der Waals surface area contributed by atoms with Crippen LogP contribution < -0.4 is 10.5 Å². The van der Waals surface area contributed by atoms with E-state index >= 15 is 0 Å². The number of nitro groups is 1. The SMILES string of the molecule is CCCC(CN)NS(=O)(=O)c1cccc([N+](=O)[O-])c1C. The Morgan fingerprint density at radius 3 is 2.60 bits per heavy atom. The zero-order valence-electron chi connectivity index (χ0n) is 11.5. The second kappa shape index (κ2) is 6.78. The van der Waals surface area contributed by atoms with E-state index in [0.29, 0.717) is 6.42 Å². The van der Waals surface area contributed by atoms with Gasteiger partial charge in [-0.3, -0.25) is 10.1 Å². The molecule has 7 nitrogen and oxygen atoms in total. The van der Waals surface area contributed by atoms with Crippen molar-refractivity contribution in [2.45, 2.75) is 37.6 Å². The zero-order valence-corrected chi connectivity index (χ0v) is 12.3. The fourth-order valence-electron chi connectivity index (χ4n) is 1.95. The average Bonchev–Trinajstić information content (AvgIpc) is 2.37. The highest BCUT2D eigenvalue weighted by molar-refractivity contribution is 7.89. The highest BCUT2D eigenvalue weighted by Crippen LogP contribution is 2.24. The van der Waals surface area contributed by atoms with E-state index in [1.165, 1.54) is 25.1 Å². The lowest BCUT2D eigenvalue weighted by atomic mass is 10.2. The Labute approximate surface area is 118 Å². The Morgan fingerprint density at radius 2 is 2.10 bits per heavy atom. The van der Waals surface area contributed by atoms with Gasteiger partial charge in [0.1, 0.15) is 0 Å². The van der Waals surface area contributed by atoms with E-state index < -0.39 is 14.9 Å². The molecule has 0 radical (unpaired) electrons. The molecule has 0 saturated carbocycles. The summed E-state index contributed by atoms with van der Waals surface area (Å²) in [5, 5.41) is 10.9. The third-order valence-corrected chi connectivity index (χ3v) is 4.65. The highest BCUT2D eigenvalue weighted by atomic mass is 32.2. The molecule has 20 heavy (non-hydrogen) atoms. The Balaban J connectivity index is 3.16. The predicted molar refractivity (Wildman–Crippen MR) is 75.9 cm³/mol. The van der Waals surface area contributed by atoms with Gasteiger partial charge in [0.05, 0.1) is 9.82 Å². The number of nitrogens with one attached hydrogen (secondary N) is 1. The van der Waals surface area contributed by atoms with Crippen molar-refractivity contribution < 1.29 is 13.3 Å². The molecule has 1 rings (SSSR count). The molecule has 8 heteroatoms. The summed E-state index contributed by atoms with van der Waals surface area (Å²) < 4.78 is 27.1. The molecule has 3 N–H and O–H groups in total. The van der Waals surface area contributed by atoms with Crippen LogP contribution in [0.15, 0.2) is 23.1 Å². The van der Waals surface area contributed by atoms with Gasteiger partial charge in [0, 0.05) is 24.2 Å². The monoisotopic (exact) mass is 301 g/mol. The Morgan fingerprint density at radius 1 is 1.45 bits per heavy atom. The maximum absolute atomic E-state index is 12.3. The van der Waals surface area contributed by atoms with Crippen LogP contribution in [-0.4, -0.2) is 25.9 Å². The molecule has 0 aliphatic carbocycles. The fraction of sp³-hybridized carbons (Fsp3) is 0.500. The molecule has 0 aromatic heterocycles. The van der Waals surface area contributed by atoms with Crippen molar-refractivity contribution in [3.8, 4) is 0 Å². The van der Waals surface area contributed by atoms with Crippen LogP contribution in [0.5, 0.6) is 0 Å². The first kappa shape index (κ1) is 16.5. The summed E-state index contributed by atoms with van der Waals surface area (Å²) in [5.41, 5.74) is 5.43. The highest BCUT2D eigenvalue weighted by Gasteiger charge is 2.24. The molecule has 0 saturated heterocycles. The molecule has 0 aliphatic rings. The second-order valence-corrected chi connectivity index (χ2v) is 6.18. The molecule has 0 fully saturated rings. The van der Waals surface area contributed by atoms with E-state index in [-0.39, 0.29) is 28.7 Å². The van der Waals surface area contributed by atoms with Crippen molar-refractivity contribution >= 4 is 15.7 Å². The summed E-state index contributed by atoms with van der Waals surface area (Å²) in [6.07, 6.45) is 1.40. The van der Waals surface area contributed by atoms with E-state index in [2.05, 4.69) is 4.72 Å². The molecule has 1 aromatic rings. The summed E-state index contributed by atoms with van der Waals surface area (Å²) in [5.74, 6) is 0. The number of nitro benzene ring substituents is 1. The third kappa shape index (κ3) is 3.75. The quantitative estimate of drug-likeness (QED) is 0.582. The van der Waals surface area contributed by atoms with Gasteiger partial charge in [-0.25, -0.2) is 13.1 Å². The van der Waals surface area contributed by atoms with Gasteiger partial charge in [0.2, 0.25) is 10.0 Å². The van der Waals surface area contributed by atoms with Crippen molar-refractivity contribution in [2.24, 2.45) is 5.73 Å². The minimum absolute atomic E-state index is 0.0822. The van der Waals surface area contributed by atoms with Crippen LogP contribution in [0.2, 0.25) is 0 Å². The van der Waals surface area contributed by atoms with E-state index in [9.17, 15) is 18.5 Å². The van der Waals surface area contributed by atoms with E-state index in [1.807, 2.05) is 6.92 Å². The first-order valence-corrected chi connectivity index (χ1v) is 7.78. The average molecular weight is 301 g/mol. The van der Waals surface area contributed by atoms with E-state index in [4.69, 9.17) is 5.73 Å². The Kier molecular flexibility index (Phi) is 5.61. The van der Waals surface area contributed by atoms with Crippen LogP contribution in [0.4, 0.5) is 5.69 Å². The molecular formula is C12H19N3O4S. The molecule has 1 atom stereocenters. The van der Waals surface area contributed by atoms with Gasteiger partial charge in [-0.15, -0.1) is 0 Å². The standard InChI is InChI=1S/C12H19N3O4S/c1-3-5-10(8-13)14-20(18,19)12-7-4-6-11(9(12)2)15(16)17/h4,6-7,10,14H,3,5,8,13H2,1-2H3. The second-order valence-electron chi connectivity index (χ2n) is 4.50. The minimum atomic E-state index is -3.81. The lowest BCUT2D eigenvalue weighted by Gasteiger charge is -2.17. The molecule has 112 valence electrons. The molecule has 0 amide bonds. The van der Waals surface area contributed by atoms with Gasteiger partial charge >= 0.3 is 0 Å². The van der Waals surface area contributed by atoms with Crippen LogP contribution in [0.25, 0.3) is 0 Å². The van der Waals surface area contributed by atoms with Crippen LogP contribution >= 0.6 is 0 Å². The van der Waals surface area contributed by atoms with Gasteiger partial charge in [0.15, 0.2) is 0 Å². The summed E-state index contributed by atoms with van der Waals surface area (Å²) >= 11 is 0. The van der Waals surface area contributed by atoms with Crippen molar-refractivity contribution in [1.82, 2.24) is 4.72 Å². The number of hydrogen-bond donors (Lipinski definition) is 2. The van der Waals surface area contributed by atoms with Gasteiger partial charge in [-0.2, -0.15) is 0 Å². The van der Waals surface area contributed by atoms with Gasteiger partial charge in [0.25, 0.3) is 5.69 Å². The van der Waals surface area contributed by atoms with E-state index in [0.717, 1.165) is 6.42 Å². The van der Waals surface area contributed by atoms with Crippen LogP contribution in [0.3, 0.4) is 0 Å². The van der Waals surface area contributed by atoms with Crippen molar-refractivity contribution in [1.29, 1.82) is 0 Å². The van der Waals surface area contributed by atoms with Gasteiger partial charge < -0.3 is 5.73 Å². The molecular weight excluding hydrogens is 282 g/mol. The number of benzene rings is 1. The normalized spacial score (nSPS) is 13.2. The third-order valence-electron chi connectivity index (χ3n) is 2.99. The van der Waals surface area contributed by atoms with Crippen molar-refractivity contribution in [2.75, 3.05) is 6.54 Å². The first-order valence-electron chi connectivity index (χ1n) is 6.29. The minimum Gasteiger partial charge on any atom is -0.329 e. The lowest BCUT2D eigenvalue weighted by Crippen LogP contribution is -2.40. The van der Waals surface area contributed by atoms with E-state index in [1.54, 1.807) is 0 Å². The van der Waals surface area contributed by atoms with Crippen LogP contribution in [0.1, 0.15) is 25.3 Å². The van der Waals surface area contributed by atoms with Crippen LogP contribution in [-0.2, 0) is 10.0 Å². The Hall–Kier alpha value is -1.51. The predicted octanol–water partition coefficient (Wildman–Crippen LogP) is 1.31. The molecule has 1 unspecified atom stereocenters. The summed E-state index contributed by atoms with van der Waals surface area (Å²) in [4.78, 5) is 10.2. The van der Waals surface area contributed by atoms with Gasteiger partial charge in [-0.1, -0.05) is 19.4 Å². The molecule has 0 heterocycles. The number of rotatable bonds is 7. The first-order chi connectivity index (χ1) is 9.33. The maximum atomic E-state index is 12.3. The summed E-state index contributed by atoms with van der Waals surface area (Å²) in [6, 6.07) is 3.62. The zero-order chi connectivity index (χ0) is 15.3. The number of sulfonamides is 1. The number of hydrogen-bond acceptors (Lipinski definition) is 5. The smallest absolute Gasteiger partial charge is 0.273 e. The molecule has 0 bridgehead atoms. The number of nitrogens with two attached hydrogens (primary N) is 1. The van der Waals surface area contributed by atoms with Gasteiger partial charge in [-0.05, 0) is 19.4 Å². The molecule has 0 spiro atoms. The molecule has 1 aromatic carbocycles. The summed E-state index contributed by atoms with van der Waals surface area (Å²) in [6.45, 7) is 3.53. The number of nitrogens with zero attached hydrogens (tertiary/aromatic N) is 1. The topological polar surface area (TPSA) is 115 Å². The van der Waals surface area contributed by atoms with Crippen LogP contribution in [0, 0.1) is 17.0 Å². The van der Waals surface area contributed by atoms with Crippen molar-refractivity contribution in [3.05, 3.63) is 33.9 Å². The maximum Gasteiger partial charge on any atom is 0.273 e. The Bertz CT molecular complexity index is 586. The largest absolute Gasteiger partial charge is 0.329 e. The summed E-state index contributed by atoms with van der Waals surface area (Å²) in [7, 11) is -3.81. The van der Waals surface area contributed by atoms with Crippen molar-refractivity contribution in [3.63, 3.8) is 0 Å². The molecule has 0 aliphatic heterocycles. The fourth-order valence-corrected chi connectivity index (χ4v) is 3.49. The lowest BCUT2D eigenvalue weighted by molar-refractivity contribution is -0.385.